The maximum absolute atomic E-state index is 5.98. The highest BCUT2D eigenvalue weighted by Gasteiger charge is 2.17. The molecule has 1 saturated heterocycles. The summed E-state index contributed by atoms with van der Waals surface area (Å²) in [4.78, 5) is 5.04. The Morgan fingerprint density at radius 2 is 1.61 bits per heavy atom. The minimum atomic E-state index is 0.770. The highest BCUT2D eigenvalue weighted by Crippen LogP contribution is 2.29. The molecular weight excluding hydrogens is 350 g/mol. The van der Waals surface area contributed by atoms with Gasteiger partial charge in [-0.15, -0.1) is 0 Å². The first-order valence-electron chi connectivity index (χ1n) is 11.2. The molecule has 160 valence electrons. The molecule has 5 nitrogen and oxygen atoms in total. The van der Waals surface area contributed by atoms with Crippen molar-refractivity contribution in [2.75, 3.05) is 53.0 Å². The lowest BCUT2D eigenvalue weighted by Gasteiger charge is -2.34. The average molecular weight is 392 g/mol. The Balaban J connectivity index is 1.73. The molecule has 2 rings (SSSR count). The zero-order valence-corrected chi connectivity index (χ0v) is 18.1. The fourth-order valence-corrected chi connectivity index (χ4v) is 3.74. The van der Waals surface area contributed by atoms with Crippen LogP contribution in [-0.2, 0) is 6.54 Å². The van der Waals surface area contributed by atoms with Gasteiger partial charge in [0, 0.05) is 32.7 Å². The number of ether oxygens (including phenoxy) is 2. The van der Waals surface area contributed by atoms with Gasteiger partial charge in [0.1, 0.15) is 0 Å². The zero-order chi connectivity index (χ0) is 20.0. The molecule has 5 heteroatoms. The summed E-state index contributed by atoms with van der Waals surface area (Å²) in [6.45, 7) is 10.4. The highest BCUT2D eigenvalue weighted by atomic mass is 16.5. The maximum atomic E-state index is 5.98. The summed E-state index contributed by atoms with van der Waals surface area (Å²) in [6.07, 6.45) is 8.75. The van der Waals surface area contributed by atoms with Crippen molar-refractivity contribution in [3.05, 3.63) is 23.8 Å². The first kappa shape index (κ1) is 23.0. The van der Waals surface area contributed by atoms with Gasteiger partial charge >= 0.3 is 0 Å². The van der Waals surface area contributed by atoms with Crippen LogP contribution in [-0.4, -0.2) is 62.8 Å². The monoisotopic (exact) mass is 391 g/mol. The summed E-state index contributed by atoms with van der Waals surface area (Å²) in [6, 6.07) is 6.39. The van der Waals surface area contributed by atoms with Gasteiger partial charge in [-0.05, 0) is 43.6 Å². The van der Waals surface area contributed by atoms with Gasteiger partial charge in [-0.25, -0.2) is 0 Å². The molecule has 1 aliphatic rings. The van der Waals surface area contributed by atoms with E-state index in [1.54, 1.807) is 7.11 Å². The molecule has 0 saturated carbocycles. The second-order valence-corrected chi connectivity index (χ2v) is 7.86. The van der Waals surface area contributed by atoms with E-state index in [-0.39, 0.29) is 0 Å². The Labute approximate surface area is 172 Å². The Kier molecular flexibility index (Phi) is 11.3. The number of hydrogen-bond acceptors (Lipinski definition) is 5. The molecule has 0 aromatic heterocycles. The molecule has 0 aliphatic carbocycles. The van der Waals surface area contributed by atoms with E-state index in [0.717, 1.165) is 76.8 Å². The number of nitrogens with zero attached hydrogens (tertiary/aromatic N) is 2. The Morgan fingerprint density at radius 1 is 0.893 bits per heavy atom. The molecule has 1 aromatic rings. The molecule has 1 aliphatic heterocycles. The van der Waals surface area contributed by atoms with E-state index in [1.807, 2.05) is 0 Å². The Bertz CT molecular complexity index is 531. The van der Waals surface area contributed by atoms with Crippen LogP contribution in [0.2, 0.25) is 0 Å². The van der Waals surface area contributed by atoms with Crippen molar-refractivity contribution < 1.29 is 9.47 Å². The van der Waals surface area contributed by atoms with Crippen LogP contribution in [0.3, 0.4) is 0 Å². The molecule has 1 aromatic carbocycles. The summed E-state index contributed by atoms with van der Waals surface area (Å²) in [5.41, 5.74) is 6.91. The third kappa shape index (κ3) is 8.38. The van der Waals surface area contributed by atoms with Gasteiger partial charge in [0.15, 0.2) is 11.5 Å². The van der Waals surface area contributed by atoms with Gasteiger partial charge < -0.3 is 20.1 Å². The molecule has 2 N–H and O–H groups in total. The summed E-state index contributed by atoms with van der Waals surface area (Å²) >= 11 is 0. The van der Waals surface area contributed by atoms with Crippen molar-refractivity contribution in [2.24, 2.45) is 5.73 Å². The van der Waals surface area contributed by atoms with Crippen molar-refractivity contribution in [1.29, 1.82) is 0 Å². The lowest BCUT2D eigenvalue weighted by Crippen LogP contribution is -2.46. The third-order valence-electron chi connectivity index (χ3n) is 5.53. The molecule has 0 bridgehead atoms. The first-order valence-corrected chi connectivity index (χ1v) is 11.2. The van der Waals surface area contributed by atoms with Crippen LogP contribution in [0, 0.1) is 0 Å². The number of hydrogen-bond donors (Lipinski definition) is 1. The molecule has 0 atom stereocenters. The van der Waals surface area contributed by atoms with Crippen LogP contribution in [0.4, 0.5) is 0 Å². The standard InChI is InChI=1S/C23H41N3O2/c1-3-4-5-6-7-8-18-28-22-11-10-21(19-23(22)27-2)20-26-16-14-25(15-17-26)13-9-12-24/h10-11,19H,3-9,12-18,20,24H2,1-2H3. The predicted molar refractivity (Wildman–Crippen MR) is 117 cm³/mol. The topological polar surface area (TPSA) is 51.0 Å². The number of rotatable bonds is 14. The van der Waals surface area contributed by atoms with Crippen LogP contribution in [0.25, 0.3) is 0 Å². The van der Waals surface area contributed by atoms with Crippen molar-refractivity contribution in [3.63, 3.8) is 0 Å². The number of methoxy groups -OCH3 is 1. The van der Waals surface area contributed by atoms with Gasteiger partial charge in [-0.3, -0.25) is 4.90 Å². The summed E-state index contributed by atoms with van der Waals surface area (Å²) in [7, 11) is 1.73. The molecule has 0 spiro atoms. The fraction of sp³-hybridized carbons (Fsp3) is 0.739. The molecule has 1 fully saturated rings. The van der Waals surface area contributed by atoms with E-state index in [0.29, 0.717) is 0 Å². The van der Waals surface area contributed by atoms with Crippen LogP contribution in [0.5, 0.6) is 11.5 Å². The van der Waals surface area contributed by atoms with Crippen molar-refractivity contribution in [2.45, 2.75) is 58.4 Å². The van der Waals surface area contributed by atoms with Crippen molar-refractivity contribution >= 4 is 0 Å². The third-order valence-corrected chi connectivity index (χ3v) is 5.53. The summed E-state index contributed by atoms with van der Waals surface area (Å²) in [5, 5.41) is 0. The van der Waals surface area contributed by atoms with Crippen LogP contribution in [0.15, 0.2) is 18.2 Å². The summed E-state index contributed by atoms with van der Waals surface area (Å²) < 4.78 is 11.6. The largest absolute Gasteiger partial charge is 0.493 e. The zero-order valence-electron chi connectivity index (χ0n) is 18.1. The van der Waals surface area contributed by atoms with Gasteiger partial charge in [0.25, 0.3) is 0 Å². The number of nitrogens with two attached hydrogens (primary N) is 1. The second-order valence-electron chi connectivity index (χ2n) is 7.86. The summed E-state index contributed by atoms with van der Waals surface area (Å²) in [5.74, 6) is 1.72. The molecule has 0 amide bonds. The molecule has 0 unspecified atom stereocenters. The number of unbranched alkanes of at least 4 members (excludes halogenated alkanes) is 5. The molecule has 28 heavy (non-hydrogen) atoms. The Hall–Kier alpha value is -1.30. The first-order chi connectivity index (χ1) is 13.8. The fourth-order valence-electron chi connectivity index (χ4n) is 3.74. The smallest absolute Gasteiger partial charge is 0.161 e. The number of benzene rings is 1. The SMILES string of the molecule is CCCCCCCCOc1ccc(CN2CCN(CCCN)CC2)cc1OC. The van der Waals surface area contributed by atoms with Crippen LogP contribution in [0.1, 0.15) is 57.4 Å². The van der Waals surface area contributed by atoms with Crippen molar-refractivity contribution in [3.8, 4) is 11.5 Å². The van der Waals surface area contributed by atoms with E-state index < -0.39 is 0 Å². The van der Waals surface area contributed by atoms with Crippen molar-refractivity contribution in [1.82, 2.24) is 9.80 Å². The predicted octanol–water partition coefficient (Wildman–Crippen LogP) is 3.90. The molecular formula is C23H41N3O2. The minimum Gasteiger partial charge on any atom is -0.493 e. The van der Waals surface area contributed by atoms with Gasteiger partial charge in [0.2, 0.25) is 0 Å². The molecule has 1 heterocycles. The Morgan fingerprint density at radius 3 is 2.32 bits per heavy atom. The lowest BCUT2D eigenvalue weighted by atomic mass is 10.1. The van der Waals surface area contributed by atoms with E-state index in [2.05, 4.69) is 34.9 Å². The quantitative estimate of drug-likeness (QED) is 0.488. The van der Waals surface area contributed by atoms with E-state index in [9.17, 15) is 0 Å². The van der Waals surface area contributed by atoms with Gasteiger partial charge in [-0.1, -0.05) is 45.1 Å². The van der Waals surface area contributed by atoms with Crippen LogP contribution < -0.4 is 15.2 Å². The highest BCUT2D eigenvalue weighted by molar-refractivity contribution is 5.43. The lowest BCUT2D eigenvalue weighted by molar-refractivity contribution is 0.126. The van der Waals surface area contributed by atoms with Gasteiger partial charge in [0.05, 0.1) is 13.7 Å². The average Bonchev–Trinajstić information content (AvgIpc) is 2.73. The maximum Gasteiger partial charge on any atom is 0.161 e. The van der Waals surface area contributed by atoms with E-state index in [4.69, 9.17) is 15.2 Å². The van der Waals surface area contributed by atoms with E-state index in [1.165, 1.54) is 37.7 Å². The van der Waals surface area contributed by atoms with E-state index >= 15 is 0 Å². The normalized spacial score (nSPS) is 15.7. The second kappa shape index (κ2) is 13.8. The van der Waals surface area contributed by atoms with Gasteiger partial charge in [-0.2, -0.15) is 0 Å². The minimum absolute atomic E-state index is 0.770. The molecule has 0 radical (unpaired) electrons. The number of piperazine rings is 1. The van der Waals surface area contributed by atoms with Crippen LogP contribution >= 0.6 is 0 Å².